The van der Waals surface area contributed by atoms with E-state index in [-0.39, 0.29) is 11.3 Å². The smallest absolute Gasteiger partial charge is 0.339 e. The number of aliphatic hydroxyl groups excluding tert-OH is 1. The van der Waals surface area contributed by atoms with Gasteiger partial charge in [-0.25, -0.2) is 4.79 Å². The van der Waals surface area contributed by atoms with Crippen molar-refractivity contribution in [3.63, 3.8) is 0 Å². The van der Waals surface area contributed by atoms with E-state index in [1.54, 1.807) is 0 Å². The molecule has 0 aromatic carbocycles. The number of pyridine rings is 1. The Hall–Kier alpha value is -1.95. The number of carboxylic acids is 1. The van der Waals surface area contributed by atoms with Gasteiger partial charge in [-0.15, -0.1) is 0 Å². The summed E-state index contributed by atoms with van der Waals surface area (Å²) in [5, 5.41) is 17.9. The van der Waals surface area contributed by atoms with Gasteiger partial charge in [0.2, 0.25) is 0 Å². The molecule has 1 heterocycles. The van der Waals surface area contributed by atoms with E-state index in [2.05, 4.69) is 9.72 Å². The van der Waals surface area contributed by atoms with Gasteiger partial charge < -0.3 is 14.9 Å². The topological polar surface area (TPSA) is 96.7 Å². The van der Waals surface area contributed by atoms with Gasteiger partial charge in [0, 0.05) is 6.20 Å². The van der Waals surface area contributed by atoms with Crippen molar-refractivity contribution < 1.29 is 24.5 Å². The molecule has 0 amide bonds. The minimum Gasteiger partial charge on any atom is -0.481 e. The molecule has 0 saturated heterocycles. The Bertz CT molecular complexity index is 387. The van der Waals surface area contributed by atoms with Gasteiger partial charge in [0.1, 0.15) is 6.10 Å². The van der Waals surface area contributed by atoms with Gasteiger partial charge in [-0.2, -0.15) is 0 Å². The van der Waals surface area contributed by atoms with Gasteiger partial charge >= 0.3 is 11.9 Å². The molecule has 6 heteroatoms. The fourth-order valence-electron chi connectivity index (χ4n) is 1.11. The highest BCUT2D eigenvalue weighted by molar-refractivity contribution is 5.88. The Kier molecular flexibility index (Phi) is 3.96. The van der Waals surface area contributed by atoms with Gasteiger partial charge in [-0.3, -0.25) is 9.78 Å². The lowest BCUT2D eigenvalue weighted by Gasteiger charge is -2.07. The van der Waals surface area contributed by atoms with Gasteiger partial charge in [-0.05, 0) is 12.1 Å². The molecule has 1 atom stereocenters. The van der Waals surface area contributed by atoms with Crippen LogP contribution in [0.5, 0.6) is 0 Å². The van der Waals surface area contributed by atoms with E-state index in [0.717, 1.165) is 0 Å². The summed E-state index contributed by atoms with van der Waals surface area (Å²) in [4.78, 5) is 25.2. The van der Waals surface area contributed by atoms with E-state index in [4.69, 9.17) is 5.11 Å². The molecule has 0 spiro atoms. The third-order valence-electron chi connectivity index (χ3n) is 1.92. The van der Waals surface area contributed by atoms with Crippen LogP contribution in [0.3, 0.4) is 0 Å². The third kappa shape index (κ3) is 3.03. The zero-order valence-electron chi connectivity index (χ0n) is 8.58. The standard InChI is InChI=1S/C10H11NO5/c1-16-10(15)6-2-3-7(11-5-6)8(12)4-9(13)14/h2-3,5,8,12H,4H2,1H3,(H,13,14). The first-order chi connectivity index (χ1) is 7.54. The second-order valence-electron chi connectivity index (χ2n) is 3.08. The molecule has 1 rings (SSSR count). The summed E-state index contributed by atoms with van der Waals surface area (Å²) in [7, 11) is 1.25. The number of methoxy groups -OCH3 is 1. The van der Waals surface area contributed by atoms with Gasteiger partial charge in [0.05, 0.1) is 24.8 Å². The van der Waals surface area contributed by atoms with Crippen molar-refractivity contribution >= 4 is 11.9 Å². The Labute approximate surface area is 91.5 Å². The van der Waals surface area contributed by atoms with E-state index < -0.39 is 24.5 Å². The van der Waals surface area contributed by atoms with E-state index in [1.165, 1.54) is 25.4 Å². The molecule has 0 aliphatic heterocycles. The first kappa shape index (κ1) is 12.1. The van der Waals surface area contributed by atoms with E-state index in [1.807, 2.05) is 0 Å². The van der Waals surface area contributed by atoms with Gasteiger partial charge in [0.15, 0.2) is 0 Å². The van der Waals surface area contributed by atoms with Crippen LogP contribution in [-0.2, 0) is 9.53 Å². The highest BCUT2D eigenvalue weighted by Gasteiger charge is 2.14. The summed E-state index contributed by atoms with van der Waals surface area (Å²) in [5.41, 5.74) is 0.448. The molecule has 0 aliphatic rings. The van der Waals surface area contributed by atoms with E-state index in [9.17, 15) is 14.7 Å². The molecular formula is C10H11NO5. The van der Waals surface area contributed by atoms with Crippen LogP contribution in [0.2, 0.25) is 0 Å². The Morgan fingerprint density at radius 3 is 2.62 bits per heavy atom. The monoisotopic (exact) mass is 225 g/mol. The molecule has 6 nitrogen and oxygen atoms in total. The number of nitrogens with zero attached hydrogens (tertiary/aromatic N) is 1. The zero-order chi connectivity index (χ0) is 12.1. The maximum atomic E-state index is 11.1. The van der Waals surface area contributed by atoms with Crippen molar-refractivity contribution in [3.05, 3.63) is 29.6 Å². The normalized spacial score (nSPS) is 11.9. The van der Waals surface area contributed by atoms with Crippen molar-refractivity contribution in [2.75, 3.05) is 7.11 Å². The van der Waals surface area contributed by atoms with Gasteiger partial charge in [0.25, 0.3) is 0 Å². The molecule has 1 aromatic heterocycles. The van der Waals surface area contributed by atoms with Crippen LogP contribution in [0.4, 0.5) is 0 Å². The number of aliphatic carboxylic acids is 1. The number of ether oxygens (including phenoxy) is 1. The number of carboxylic acid groups (broad SMARTS) is 1. The maximum Gasteiger partial charge on any atom is 0.339 e. The van der Waals surface area contributed by atoms with Crippen LogP contribution >= 0.6 is 0 Å². The molecule has 0 aliphatic carbocycles. The number of esters is 1. The molecule has 0 saturated carbocycles. The summed E-state index contributed by atoms with van der Waals surface area (Å²) >= 11 is 0. The number of carbonyl (C=O) groups is 2. The van der Waals surface area contributed by atoms with Crippen LogP contribution in [0, 0.1) is 0 Å². The Morgan fingerprint density at radius 2 is 2.19 bits per heavy atom. The Morgan fingerprint density at radius 1 is 1.50 bits per heavy atom. The van der Waals surface area contributed by atoms with Crippen LogP contribution < -0.4 is 0 Å². The van der Waals surface area contributed by atoms with Crippen molar-refractivity contribution in [3.8, 4) is 0 Å². The quantitative estimate of drug-likeness (QED) is 0.719. The average Bonchev–Trinajstić information content (AvgIpc) is 2.27. The predicted octanol–water partition coefficient (Wildman–Crippen LogP) is 0.376. The molecular weight excluding hydrogens is 214 g/mol. The number of aliphatic hydroxyl groups is 1. The second-order valence-corrected chi connectivity index (χ2v) is 3.08. The second kappa shape index (κ2) is 5.22. The number of aromatic nitrogens is 1. The lowest BCUT2D eigenvalue weighted by molar-refractivity contribution is -0.139. The molecule has 1 unspecified atom stereocenters. The minimum atomic E-state index is -1.18. The lowest BCUT2D eigenvalue weighted by Crippen LogP contribution is -2.08. The van der Waals surface area contributed by atoms with Crippen molar-refractivity contribution in [1.29, 1.82) is 0 Å². The number of hydrogen-bond acceptors (Lipinski definition) is 5. The lowest BCUT2D eigenvalue weighted by atomic mass is 10.1. The fourth-order valence-corrected chi connectivity index (χ4v) is 1.11. The number of hydrogen-bond donors (Lipinski definition) is 2. The van der Waals surface area contributed by atoms with Gasteiger partial charge in [-0.1, -0.05) is 0 Å². The van der Waals surface area contributed by atoms with Crippen LogP contribution in [0.25, 0.3) is 0 Å². The fraction of sp³-hybridized carbons (Fsp3) is 0.300. The third-order valence-corrected chi connectivity index (χ3v) is 1.92. The van der Waals surface area contributed by atoms with Crippen LogP contribution in [0.1, 0.15) is 28.6 Å². The van der Waals surface area contributed by atoms with E-state index >= 15 is 0 Å². The molecule has 16 heavy (non-hydrogen) atoms. The van der Waals surface area contributed by atoms with Crippen molar-refractivity contribution in [2.45, 2.75) is 12.5 Å². The zero-order valence-corrected chi connectivity index (χ0v) is 8.58. The summed E-state index contributed by atoms with van der Waals surface area (Å²) in [6.07, 6.45) is -0.374. The largest absolute Gasteiger partial charge is 0.481 e. The molecule has 86 valence electrons. The maximum absolute atomic E-state index is 11.1. The Balaban J connectivity index is 2.78. The highest BCUT2D eigenvalue weighted by atomic mass is 16.5. The highest BCUT2D eigenvalue weighted by Crippen LogP contribution is 2.14. The first-order valence-corrected chi connectivity index (χ1v) is 4.48. The van der Waals surface area contributed by atoms with Crippen LogP contribution in [0.15, 0.2) is 18.3 Å². The molecule has 0 bridgehead atoms. The molecule has 2 N–H and O–H groups in total. The predicted molar refractivity (Wildman–Crippen MR) is 52.8 cm³/mol. The number of rotatable bonds is 4. The average molecular weight is 225 g/mol. The van der Waals surface area contributed by atoms with Crippen molar-refractivity contribution in [1.82, 2.24) is 4.98 Å². The summed E-state index contributed by atoms with van der Waals surface area (Å²) in [6, 6.07) is 2.80. The van der Waals surface area contributed by atoms with E-state index in [0.29, 0.717) is 0 Å². The van der Waals surface area contributed by atoms with Crippen LogP contribution in [-0.4, -0.2) is 34.2 Å². The van der Waals surface area contributed by atoms with Crippen molar-refractivity contribution in [2.24, 2.45) is 0 Å². The summed E-state index contributed by atoms with van der Waals surface area (Å²) < 4.78 is 4.47. The molecule has 0 fully saturated rings. The summed E-state index contributed by atoms with van der Waals surface area (Å²) in [5.74, 6) is -1.65. The SMILES string of the molecule is COC(=O)c1ccc(C(O)CC(=O)O)nc1. The molecule has 0 radical (unpaired) electrons. The first-order valence-electron chi connectivity index (χ1n) is 4.48. The molecule has 1 aromatic rings. The minimum absolute atomic E-state index is 0.204. The summed E-state index contributed by atoms with van der Waals surface area (Å²) in [6.45, 7) is 0. The number of carbonyl (C=O) groups excluding carboxylic acids is 1.